The molecule has 0 atom stereocenters. The van der Waals surface area contributed by atoms with E-state index < -0.39 is 48.1 Å². The summed E-state index contributed by atoms with van der Waals surface area (Å²) in [5.74, 6) is -33.2. The van der Waals surface area contributed by atoms with E-state index in [4.69, 9.17) is 0 Å². The molecule has 13 heteroatoms. The number of carbonyl (C=O) groups excluding carboxylic acids is 1. The summed E-state index contributed by atoms with van der Waals surface area (Å²) < 4.78 is 148. The number of alkyl halides is 11. The average molecular weight is 342 g/mol. The summed E-state index contributed by atoms with van der Waals surface area (Å²) in [6.45, 7) is 0. The first-order valence-corrected chi connectivity index (χ1v) is 4.38. The summed E-state index contributed by atoms with van der Waals surface area (Å²) in [5, 5.41) is 0. The van der Waals surface area contributed by atoms with Crippen molar-refractivity contribution >= 4 is 6.29 Å². The molecule has 0 aliphatic carbocycles. The largest absolute Gasteiger partial charge is 0.460 e. The SMILES string of the molecule is O=C/C=C(/F)C(F)(F)C(F)(F)C(F)(F)C(F)(F)C(F)(F)F. The molecular formula is C8H2F12O. The van der Waals surface area contributed by atoms with Crippen LogP contribution in [0.5, 0.6) is 0 Å². The van der Waals surface area contributed by atoms with E-state index >= 15 is 0 Å². The highest BCUT2D eigenvalue weighted by Gasteiger charge is 2.87. The third-order valence-corrected chi connectivity index (χ3v) is 2.05. The zero-order chi connectivity index (χ0) is 17.5. The van der Waals surface area contributed by atoms with Crippen LogP contribution in [-0.2, 0) is 4.79 Å². The molecule has 0 aliphatic heterocycles. The predicted molar refractivity (Wildman–Crippen MR) is 41.1 cm³/mol. The van der Waals surface area contributed by atoms with E-state index in [-0.39, 0.29) is 0 Å². The molecule has 0 unspecified atom stereocenters. The van der Waals surface area contributed by atoms with Gasteiger partial charge < -0.3 is 0 Å². The Morgan fingerprint density at radius 1 is 0.667 bits per heavy atom. The molecule has 0 amide bonds. The molecule has 0 aromatic carbocycles. The van der Waals surface area contributed by atoms with Crippen LogP contribution in [0.15, 0.2) is 11.9 Å². The number of halogens is 12. The highest BCUT2D eigenvalue weighted by atomic mass is 19.4. The molecule has 0 aliphatic rings. The highest BCUT2D eigenvalue weighted by Crippen LogP contribution is 2.58. The molecule has 0 aromatic rings. The van der Waals surface area contributed by atoms with Crippen LogP contribution in [0.3, 0.4) is 0 Å². The van der Waals surface area contributed by atoms with Crippen molar-refractivity contribution in [1.82, 2.24) is 0 Å². The predicted octanol–water partition coefficient (Wildman–Crippen LogP) is 4.14. The molecular weight excluding hydrogens is 340 g/mol. The summed E-state index contributed by atoms with van der Waals surface area (Å²) in [6.07, 6.45) is -9.28. The van der Waals surface area contributed by atoms with Gasteiger partial charge in [0, 0.05) is 6.08 Å². The quantitative estimate of drug-likeness (QED) is 0.417. The van der Waals surface area contributed by atoms with Gasteiger partial charge in [0.2, 0.25) is 0 Å². The molecule has 1 nitrogen and oxygen atoms in total. The lowest BCUT2D eigenvalue weighted by Crippen LogP contribution is -2.66. The molecule has 0 aromatic heterocycles. The first kappa shape index (κ1) is 19.6. The monoisotopic (exact) mass is 342 g/mol. The van der Waals surface area contributed by atoms with Crippen LogP contribution in [0.2, 0.25) is 0 Å². The standard InChI is InChI=1S/C8H2F12O/c9-3(1-2-21)4(10,11)5(12,13)6(14,15)7(16,17)8(18,19)20/h1-2H/b3-1+. The normalized spacial score (nSPS) is 16.1. The molecule has 0 radical (unpaired) electrons. The van der Waals surface area contributed by atoms with E-state index in [1.54, 1.807) is 0 Å². The van der Waals surface area contributed by atoms with Crippen molar-refractivity contribution in [2.45, 2.75) is 29.9 Å². The number of hydrogen-bond acceptors (Lipinski definition) is 1. The van der Waals surface area contributed by atoms with E-state index in [9.17, 15) is 57.5 Å². The summed E-state index contributed by atoms with van der Waals surface area (Å²) in [4.78, 5) is 9.58. The van der Waals surface area contributed by atoms with Gasteiger partial charge in [-0.05, 0) is 0 Å². The molecule has 21 heavy (non-hydrogen) atoms. The number of rotatable bonds is 5. The Labute approximate surface area is 107 Å². The smallest absolute Gasteiger partial charge is 0.298 e. The maximum Gasteiger partial charge on any atom is 0.460 e. The number of hydrogen-bond donors (Lipinski definition) is 0. The van der Waals surface area contributed by atoms with Crippen molar-refractivity contribution in [3.63, 3.8) is 0 Å². The molecule has 0 fully saturated rings. The van der Waals surface area contributed by atoms with E-state index in [2.05, 4.69) is 0 Å². The summed E-state index contributed by atoms with van der Waals surface area (Å²) in [7, 11) is 0. The van der Waals surface area contributed by atoms with Crippen molar-refractivity contribution in [2.75, 3.05) is 0 Å². The topological polar surface area (TPSA) is 17.1 Å². The van der Waals surface area contributed by atoms with Crippen molar-refractivity contribution in [1.29, 1.82) is 0 Å². The lowest BCUT2D eigenvalue weighted by atomic mass is 9.97. The van der Waals surface area contributed by atoms with Gasteiger partial charge in [-0.1, -0.05) is 0 Å². The first-order valence-electron chi connectivity index (χ1n) is 4.38. The second-order valence-corrected chi connectivity index (χ2v) is 3.45. The second-order valence-electron chi connectivity index (χ2n) is 3.45. The Morgan fingerprint density at radius 3 is 1.33 bits per heavy atom. The van der Waals surface area contributed by atoms with Crippen LogP contribution in [-0.4, -0.2) is 36.2 Å². The van der Waals surface area contributed by atoms with Gasteiger partial charge in [-0.2, -0.15) is 48.3 Å². The van der Waals surface area contributed by atoms with Gasteiger partial charge in [0.05, 0.1) is 0 Å². The number of carbonyl (C=O) groups is 1. The molecule has 0 spiro atoms. The van der Waals surface area contributed by atoms with Crippen LogP contribution >= 0.6 is 0 Å². The summed E-state index contributed by atoms with van der Waals surface area (Å²) >= 11 is 0. The Kier molecular flexibility index (Phi) is 4.74. The summed E-state index contributed by atoms with van der Waals surface area (Å²) in [6, 6.07) is 0. The second kappa shape index (κ2) is 5.09. The third kappa shape index (κ3) is 2.69. The lowest BCUT2D eigenvalue weighted by Gasteiger charge is -2.36. The minimum atomic E-state index is -7.70. The maximum atomic E-state index is 12.7. The van der Waals surface area contributed by atoms with Crippen LogP contribution in [0.1, 0.15) is 0 Å². The molecule has 0 N–H and O–H groups in total. The third-order valence-electron chi connectivity index (χ3n) is 2.05. The van der Waals surface area contributed by atoms with Crippen LogP contribution in [0, 0.1) is 0 Å². The van der Waals surface area contributed by atoms with Gasteiger partial charge in [-0.15, -0.1) is 0 Å². The van der Waals surface area contributed by atoms with Gasteiger partial charge >= 0.3 is 29.9 Å². The van der Waals surface area contributed by atoms with Crippen LogP contribution in [0.4, 0.5) is 52.7 Å². The summed E-state index contributed by atoms with van der Waals surface area (Å²) in [5.41, 5.74) is 0. The molecule has 124 valence electrons. The Hall–Kier alpha value is -1.43. The Morgan fingerprint density at radius 2 is 1.05 bits per heavy atom. The zero-order valence-electron chi connectivity index (χ0n) is 9.10. The number of aldehydes is 1. The first-order chi connectivity index (χ1) is 8.98. The van der Waals surface area contributed by atoms with Crippen LogP contribution in [0.25, 0.3) is 0 Å². The van der Waals surface area contributed by atoms with Crippen molar-refractivity contribution in [3.8, 4) is 0 Å². The fourth-order valence-corrected chi connectivity index (χ4v) is 0.887. The lowest BCUT2D eigenvalue weighted by molar-refractivity contribution is -0.419. The van der Waals surface area contributed by atoms with Crippen molar-refractivity contribution < 1.29 is 57.5 Å². The zero-order valence-corrected chi connectivity index (χ0v) is 9.10. The van der Waals surface area contributed by atoms with Crippen molar-refractivity contribution in [2.24, 2.45) is 0 Å². The molecule has 0 heterocycles. The minimum Gasteiger partial charge on any atom is -0.298 e. The van der Waals surface area contributed by atoms with Crippen molar-refractivity contribution in [3.05, 3.63) is 11.9 Å². The van der Waals surface area contributed by atoms with E-state index in [0.717, 1.165) is 0 Å². The maximum absolute atomic E-state index is 12.7. The van der Waals surface area contributed by atoms with E-state index in [0.29, 0.717) is 0 Å². The average Bonchev–Trinajstić information content (AvgIpc) is 2.26. The fourth-order valence-electron chi connectivity index (χ4n) is 0.887. The van der Waals surface area contributed by atoms with Crippen LogP contribution < -0.4 is 0 Å². The number of allylic oxidation sites excluding steroid dienone is 2. The molecule has 0 rings (SSSR count). The van der Waals surface area contributed by atoms with Gasteiger partial charge in [0.25, 0.3) is 0 Å². The van der Waals surface area contributed by atoms with E-state index in [1.807, 2.05) is 0 Å². The van der Waals surface area contributed by atoms with Gasteiger partial charge in [0.1, 0.15) is 6.29 Å². The van der Waals surface area contributed by atoms with E-state index in [1.165, 1.54) is 0 Å². The molecule has 0 bridgehead atoms. The van der Waals surface area contributed by atoms with Gasteiger partial charge in [-0.3, -0.25) is 4.79 Å². The Bertz CT molecular complexity index is 431. The Balaban J connectivity index is 6.13. The molecule has 0 saturated carbocycles. The molecule has 0 saturated heterocycles. The van der Waals surface area contributed by atoms with Gasteiger partial charge in [-0.25, -0.2) is 4.39 Å². The minimum absolute atomic E-state index is 0.931. The fraction of sp³-hybridized carbons (Fsp3) is 0.625. The van der Waals surface area contributed by atoms with Gasteiger partial charge in [0.15, 0.2) is 5.83 Å². The highest BCUT2D eigenvalue weighted by molar-refractivity contribution is 5.66.